The molecule has 18 heavy (non-hydrogen) atoms. The van der Waals surface area contributed by atoms with Crippen molar-refractivity contribution in [2.24, 2.45) is 5.92 Å². The molecule has 3 nitrogen and oxygen atoms in total. The van der Waals surface area contributed by atoms with Gasteiger partial charge in [0.2, 0.25) is 0 Å². The Labute approximate surface area is 112 Å². The maximum atomic E-state index is 8.85. The first-order valence-electron chi connectivity index (χ1n) is 6.42. The Morgan fingerprint density at radius 2 is 2.06 bits per heavy atom. The molecule has 0 heterocycles. The molecule has 102 valence electrons. The van der Waals surface area contributed by atoms with E-state index in [1.54, 1.807) is 0 Å². The molecule has 3 unspecified atom stereocenters. The normalized spacial score (nSPS) is 14.9. The molecule has 0 aliphatic rings. The monoisotopic (exact) mass is 269 g/mol. The standard InChI is InChI=1S/C14H24NO2P/c1-11(10-15-18-3)12(2)13-6-4-5-7-14(13)17-9-8-16/h4-7,11-12,15-16,18H,8-10H2,1-3H3. The Hall–Kier alpha value is -0.630. The van der Waals surface area contributed by atoms with Crippen molar-refractivity contribution in [2.45, 2.75) is 19.8 Å². The first-order valence-corrected chi connectivity index (χ1v) is 7.92. The largest absolute Gasteiger partial charge is 0.491 e. The van der Waals surface area contributed by atoms with Gasteiger partial charge >= 0.3 is 0 Å². The molecule has 0 bridgehead atoms. The van der Waals surface area contributed by atoms with Crippen molar-refractivity contribution in [1.29, 1.82) is 0 Å². The van der Waals surface area contributed by atoms with Gasteiger partial charge in [-0.3, -0.25) is 5.09 Å². The van der Waals surface area contributed by atoms with Crippen LogP contribution in [0.15, 0.2) is 24.3 Å². The zero-order valence-corrected chi connectivity index (χ0v) is 12.4. The van der Waals surface area contributed by atoms with Crippen molar-refractivity contribution in [3.8, 4) is 5.75 Å². The van der Waals surface area contributed by atoms with E-state index < -0.39 is 0 Å². The summed E-state index contributed by atoms with van der Waals surface area (Å²) in [5, 5.41) is 12.3. The molecule has 1 aromatic rings. The molecule has 4 heteroatoms. The lowest BCUT2D eigenvalue weighted by molar-refractivity contribution is 0.199. The third-order valence-electron chi connectivity index (χ3n) is 3.21. The second-order valence-corrected chi connectivity index (χ2v) is 5.36. The minimum absolute atomic E-state index is 0.0524. The maximum Gasteiger partial charge on any atom is 0.122 e. The van der Waals surface area contributed by atoms with Gasteiger partial charge in [0.15, 0.2) is 0 Å². The summed E-state index contributed by atoms with van der Waals surface area (Å²) in [5.74, 6) is 1.88. The lowest BCUT2D eigenvalue weighted by atomic mass is 9.88. The molecule has 1 aromatic carbocycles. The molecule has 0 saturated carbocycles. The summed E-state index contributed by atoms with van der Waals surface area (Å²) in [6, 6.07) is 8.10. The van der Waals surface area contributed by atoms with Gasteiger partial charge in [0.1, 0.15) is 12.4 Å². The van der Waals surface area contributed by atoms with Crippen LogP contribution >= 0.6 is 8.73 Å². The summed E-state index contributed by atoms with van der Waals surface area (Å²) in [7, 11) is 0.784. The van der Waals surface area contributed by atoms with Crippen LogP contribution in [0.3, 0.4) is 0 Å². The molecule has 0 aliphatic heterocycles. The number of benzene rings is 1. The van der Waals surface area contributed by atoms with Crippen LogP contribution in [0.4, 0.5) is 0 Å². The van der Waals surface area contributed by atoms with Crippen LogP contribution in [0.1, 0.15) is 25.3 Å². The summed E-state index contributed by atoms with van der Waals surface area (Å²) in [6.45, 7) is 8.05. The molecule has 0 aliphatic carbocycles. The summed E-state index contributed by atoms with van der Waals surface area (Å²) >= 11 is 0. The Bertz CT molecular complexity index is 346. The Kier molecular flexibility index (Phi) is 7.26. The van der Waals surface area contributed by atoms with Crippen LogP contribution < -0.4 is 9.82 Å². The highest BCUT2D eigenvalue weighted by atomic mass is 31.1. The van der Waals surface area contributed by atoms with Crippen molar-refractivity contribution in [3.05, 3.63) is 29.8 Å². The minimum atomic E-state index is 0.0524. The van der Waals surface area contributed by atoms with Crippen LogP contribution in [0.25, 0.3) is 0 Å². The summed E-state index contributed by atoms with van der Waals surface area (Å²) in [4.78, 5) is 0. The van der Waals surface area contributed by atoms with Gasteiger partial charge in [-0.2, -0.15) is 0 Å². The predicted octanol–water partition coefficient (Wildman–Crippen LogP) is 2.61. The zero-order chi connectivity index (χ0) is 13.4. The fraction of sp³-hybridized carbons (Fsp3) is 0.571. The van der Waals surface area contributed by atoms with Crippen molar-refractivity contribution in [1.82, 2.24) is 5.09 Å². The van der Waals surface area contributed by atoms with E-state index in [-0.39, 0.29) is 6.61 Å². The molecule has 0 spiro atoms. The van der Waals surface area contributed by atoms with Crippen LogP contribution in [-0.4, -0.2) is 31.5 Å². The minimum Gasteiger partial charge on any atom is -0.491 e. The Balaban J connectivity index is 2.73. The highest BCUT2D eigenvalue weighted by molar-refractivity contribution is 7.34. The van der Waals surface area contributed by atoms with Crippen LogP contribution in [0, 0.1) is 5.92 Å². The zero-order valence-electron chi connectivity index (χ0n) is 11.4. The van der Waals surface area contributed by atoms with Gasteiger partial charge in [0.05, 0.1) is 6.61 Å². The first kappa shape index (κ1) is 15.4. The van der Waals surface area contributed by atoms with Crippen molar-refractivity contribution in [2.75, 3.05) is 26.4 Å². The Morgan fingerprint density at radius 1 is 1.33 bits per heavy atom. The van der Waals surface area contributed by atoms with E-state index in [9.17, 15) is 0 Å². The number of aliphatic hydroxyl groups is 1. The van der Waals surface area contributed by atoms with Gasteiger partial charge in [0.25, 0.3) is 0 Å². The van der Waals surface area contributed by atoms with Crippen LogP contribution in [0.2, 0.25) is 0 Å². The van der Waals surface area contributed by atoms with Gasteiger partial charge in [-0.25, -0.2) is 0 Å². The molecule has 3 atom stereocenters. The van der Waals surface area contributed by atoms with E-state index in [2.05, 4.69) is 31.7 Å². The average Bonchev–Trinajstić information content (AvgIpc) is 2.42. The number of rotatable bonds is 8. The number of ether oxygens (including phenoxy) is 1. The van der Waals surface area contributed by atoms with Crippen molar-refractivity contribution >= 4 is 8.73 Å². The quantitative estimate of drug-likeness (QED) is 0.713. The molecule has 0 saturated heterocycles. The number of nitrogens with one attached hydrogen (secondary N) is 1. The summed E-state index contributed by atoms with van der Waals surface area (Å²) in [5.41, 5.74) is 1.22. The molecule has 0 radical (unpaired) electrons. The van der Waals surface area contributed by atoms with E-state index in [0.29, 0.717) is 18.4 Å². The van der Waals surface area contributed by atoms with E-state index in [4.69, 9.17) is 9.84 Å². The summed E-state index contributed by atoms with van der Waals surface area (Å²) < 4.78 is 5.59. The molecule has 0 fully saturated rings. The second-order valence-electron chi connectivity index (χ2n) is 4.51. The van der Waals surface area contributed by atoms with Gasteiger partial charge in [0, 0.05) is 6.54 Å². The van der Waals surface area contributed by atoms with Gasteiger partial charge in [-0.15, -0.1) is 0 Å². The maximum absolute atomic E-state index is 8.85. The van der Waals surface area contributed by atoms with Crippen LogP contribution in [-0.2, 0) is 0 Å². The lowest BCUT2D eigenvalue weighted by Crippen LogP contribution is -2.19. The molecular formula is C14H24NO2P. The average molecular weight is 269 g/mol. The number of hydrogen-bond acceptors (Lipinski definition) is 3. The highest BCUT2D eigenvalue weighted by Gasteiger charge is 2.17. The third kappa shape index (κ3) is 4.56. The first-order chi connectivity index (χ1) is 8.70. The van der Waals surface area contributed by atoms with E-state index >= 15 is 0 Å². The molecule has 0 amide bonds. The molecule has 1 rings (SSSR count). The van der Waals surface area contributed by atoms with Crippen molar-refractivity contribution in [3.63, 3.8) is 0 Å². The Morgan fingerprint density at radius 3 is 2.72 bits per heavy atom. The fourth-order valence-corrected chi connectivity index (χ4v) is 2.42. The van der Waals surface area contributed by atoms with E-state index in [1.165, 1.54) is 5.56 Å². The van der Waals surface area contributed by atoms with Gasteiger partial charge in [-0.05, 0) is 30.1 Å². The predicted molar refractivity (Wildman–Crippen MR) is 78.8 cm³/mol. The lowest BCUT2D eigenvalue weighted by Gasteiger charge is -2.23. The molecular weight excluding hydrogens is 245 g/mol. The van der Waals surface area contributed by atoms with Gasteiger partial charge in [-0.1, -0.05) is 40.8 Å². The fourth-order valence-electron chi connectivity index (χ4n) is 1.89. The summed E-state index contributed by atoms with van der Waals surface area (Å²) in [6.07, 6.45) is 0. The SMILES string of the molecule is CPNCC(C)C(C)c1ccccc1OCCO. The number of para-hydroxylation sites is 1. The highest BCUT2D eigenvalue weighted by Crippen LogP contribution is 2.31. The number of hydrogen-bond donors (Lipinski definition) is 2. The van der Waals surface area contributed by atoms with Crippen molar-refractivity contribution < 1.29 is 9.84 Å². The molecule has 2 N–H and O–H groups in total. The van der Waals surface area contributed by atoms with E-state index in [0.717, 1.165) is 21.0 Å². The van der Waals surface area contributed by atoms with E-state index in [1.807, 2.05) is 18.2 Å². The smallest absolute Gasteiger partial charge is 0.122 e. The number of aliphatic hydroxyl groups excluding tert-OH is 1. The second kappa shape index (κ2) is 8.47. The topological polar surface area (TPSA) is 41.5 Å². The third-order valence-corrected chi connectivity index (χ3v) is 3.77. The van der Waals surface area contributed by atoms with Crippen LogP contribution in [0.5, 0.6) is 5.75 Å². The van der Waals surface area contributed by atoms with Gasteiger partial charge < -0.3 is 9.84 Å². The molecule has 0 aromatic heterocycles.